The van der Waals surface area contributed by atoms with Gasteiger partial charge in [0.1, 0.15) is 0 Å². The fourth-order valence-electron chi connectivity index (χ4n) is 2.38. The normalized spacial score (nSPS) is 20.8. The zero-order chi connectivity index (χ0) is 13.5. The number of hydrazone groups is 1. The largest absolute Gasteiger partial charge is 0.857 e. The minimum atomic E-state index is 0.0451. The van der Waals surface area contributed by atoms with Crippen molar-refractivity contribution in [3.05, 3.63) is 35.9 Å². The first-order valence-electron chi connectivity index (χ1n) is 7.21. The molecule has 0 saturated heterocycles. The molecule has 1 aliphatic heterocycles. The van der Waals surface area contributed by atoms with Gasteiger partial charge in [-0.05, 0) is 23.7 Å². The molecule has 1 aliphatic rings. The van der Waals surface area contributed by atoms with E-state index in [0.29, 0.717) is 0 Å². The van der Waals surface area contributed by atoms with Gasteiger partial charge in [0.05, 0.1) is 5.92 Å². The molecule has 3 nitrogen and oxygen atoms in total. The second kappa shape index (κ2) is 7.07. The molecular weight excluding hydrogens is 236 g/mol. The Morgan fingerprint density at radius 1 is 1.26 bits per heavy atom. The van der Waals surface area contributed by atoms with E-state index in [1.807, 2.05) is 36.5 Å². The molecule has 0 radical (unpaired) electrons. The average Bonchev–Trinajstić information content (AvgIpc) is 2.76. The first kappa shape index (κ1) is 13.8. The van der Waals surface area contributed by atoms with Crippen molar-refractivity contribution >= 4 is 12.1 Å². The summed E-state index contributed by atoms with van der Waals surface area (Å²) in [5, 5.41) is 15.9. The lowest BCUT2D eigenvalue weighted by Crippen LogP contribution is -2.25. The maximum absolute atomic E-state index is 11.8. The van der Waals surface area contributed by atoms with Crippen LogP contribution in [0.5, 0.6) is 0 Å². The predicted molar refractivity (Wildman–Crippen MR) is 76.4 cm³/mol. The molecule has 2 rings (SSSR count). The van der Waals surface area contributed by atoms with Gasteiger partial charge in [-0.1, -0.05) is 55.5 Å². The van der Waals surface area contributed by atoms with Crippen LogP contribution in [0.2, 0.25) is 0 Å². The van der Waals surface area contributed by atoms with Crippen LogP contribution in [0.1, 0.15) is 44.6 Å². The Morgan fingerprint density at radius 3 is 2.79 bits per heavy atom. The second-order valence-corrected chi connectivity index (χ2v) is 5.15. The van der Waals surface area contributed by atoms with Gasteiger partial charge in [-0.3, -0.25) is 0 Å². The molecule has 0 unspecified atom stereocenters. The third-order valence-corrected chi connectivity index (χ3v) is 3.49. The molecule has 3 heteroatoms. The maximum atomic E-state index is 11.8. The fourth-order valence-corrected chi connectivity index (χ4v) is 2.38. The fraction of sp³-hybridized carbons (Fsp3) is 0.500. The molecule has 0 spiro atoms. The van der Waals surface area contributed by atoms with Crippen molar-refractivity contribution in [2.45, 2.75) is 39.0 Å². The van der Waals surface area contributed by atoms with Crippen LogP contribution in [-0.2, 0) is 0 Å². The van der Waals surface area contributed by atoms with Crippen molar-refractivity contribution < 1.29 is 9.79 Å². The van der Waals surface area contributed by atoms with E-state index in [1.165, 1.54) is 19.3 Å². The zero-order valence-electron chi connectivity index (χ0n) is 11.6. The van der Waals surface area contributed by atoms with Crippen LogP contribution in [0.25, 0.3) is 0 Å². The van der Waals surface area contributed by atoms with E-state index >= 15 is 0 Å². The smallest absolute Gasteiger partial charge is 0.203 e. The number of hydrogen-bond acceptors (Lipinski definition) is 2. The Bertz CT molecular complexity index is 451. The summed E-state index contributed by atoms with van der Waals surface area (Å²) in [7, 11) is 0. The van der Waals surface area contributed by atoms with Crippen molar-refractivity contribution in [1.29, 1.82) is 0 Å². The van der Waals surface area contributed by atoms with Gasteiger partial charge in [-0.25, -0.2) is 0 Å². The Balaban J connectivity index is 1.89. The summed E-state index contributed by atoms with van der Waals surface area (Å²) in [6.45, 7) is 2.94. The van der Waals surface area contributed by atoms with Crippen molar-refractivity contribution in [1.82, 2.24) is 0 Å². The molecular formula is C16H22N2O. The lowest BCUT2D eigenvalue weighted by atomic mass is 10.0. The summed E-state index contributed by atoms with van der Waals surface area (Å²) < 4.78 is 1.79. The molecule has 102 valence electrons. The van der Waals surface area contributed by atoms with E-state index in [9.17, 15) is 5.11 Å². The summed E-state index contributed by atoms with van der Waals surface area (Å²) in [6, 6.07) is 10.0. The molecule has 0 bridgehead atoms. The molecule has 1 atom stereocenters. The van der Waals surface area contributed by atoms with Crippen LogP contribution in [0, 0.1) is 5.92 Å². The van der Waals surface area contributed by atoms with E-state index < -0.39 is 0 Å². The van der Waals surface area contributed by atoms with Gasteiger partial charge in [0.2, 0.25) is 6.21 Å². The van der Waals surface area contributed by atoms with Crippen molar-refractivity contribution in [3.8, 4) is 0 Å². The van der Waals surface area contributed by atoms with Crippen LogP contribution in [0.15, 0.2) is 35.4 Å². The minimum Gasteiger partial charge on any atom is -0.857 e. The third kappa shape index (κ3) is 4.19. The summed E-state index contributed by atoms with van der Waals surface area (Å²) in [4.78, 5) is 0. The minimum absolute atomic E-state index is 0.0451. The number of nitrogens with zero attached hydrogens (tertiary/aromatic N) is 2. The van der Waals surface area contributed by atoms with Gasteiger partial charge in [0.15, 0.2) is 6.54 Å². The van der Waals surface area contributed by atoms with Crippen molar-refractivity contribution in [2.24, 2.45) is 11.0 Å². The van der Waals surface area contributed by atoms with Gasteiger partial charge >= 0.3 is 0 Å². The first-order chi connectivity index (χ1) is 9.29. The van der Waals surface area contributed by atoms with Crippen LogP contribution < -0.4 is 5.11 Å². The summed E-state index contributed by atoms with van der Waals surface area (Å²) >= 11 is 0. The van der Waals surface area contributed by atoms with Gasteiger partial charge in [-0.15, -0.1) is 0 Å². The lowest BCUT2D eigenvalue weighted by molar-refractivity contribution is -0.523. The van der Waals surface area contributed by atoms with Crippen LogP contribution in [0.4, 0.5) is 0 Å². The lowest BCUT2D eigenvalue weighted by Gasteiger charge is -2.10. The first-order valence-corrected chi connectivity index (χ1v) is 7.21. The van der Waals surface area contributed by atoms with Gasteiger partial charge < -0.3 is 5.11 Å². The standard InChI is InChI=1S/C16H22N2O/c1-2-3-4-8-11-15-13-18(17-16(15)19)12-14-9-6-5-7-10-14/h5-7,9-10,12,15H,2-4,8,11,13H2,1H3/b18-12+/t15-/m0/s1. The Morgan fingerprint density at radius 2 is 2.05 bits per heavy atom. The van der Waals surface area contributed by atoms with Crippen molar-refractivity contribution in [2.75, 3.05) is 6.54 Å². The Labute approximate surface area is 115 Å². The third-order valence-electron chi connectivity index (χ3n) is 3.49. The second-order valence-electron chi connectivity index (χ2n) is 5.15. The molecule has 0 fully saturated rings. The molecule has 1 heterocycles. The highest BCUT2D eigenvalue weighted by molar-refractivity contribution is 5.78. The number of rotatable bonds is 6. The predicted octanol–water partition coefficient (Wildman–Crippen LogP) is 2.39. The Hall–Kier alpha value is -1.64. The van der Waals surface area contributed by atoms with E-state index in [4.69, 9.17) is 0 Å². The highest BCUT2D eigenvalue weighted by Gasteiger charge is 2.24. The number of unbranched alkanes of at least 4 members (excludes halogenated alkanes) is 3. The van der Waals surface area contributed by atoms with E-state index in [1.54, 1.807) is 4.68 Å². The molecule has 1 aromatic carbocycles. The van der Waals surface area contributed by atoms with Crippen LogP contribution in [-0.4, -0.2) is 23.3 Å². The van der Waals surface area contributed by atoms with Crippen LogP contribution >= 0.6 is 0 Å². The summed E-state index contributed by atoms with van der Waals surface area (Å²) in [6.07, 6.45) is 7.78. The van der Waals surface area contributed by atoms with E-state index in [-0.39, 0.29) is 11.8 Å². The van der Waals surface area contributed by atoms with Gasteiger partial charge in [0, 0.05) is 11.5 Å². The Kier molecular flexibility index (Phi) is 5.13. The molecule has 0 aliphatic carbocycles. The average molecular weight is 258 g/mol. The monoisotopic (exact) mass is 258 g/mol. The molecule has 19 heavy (non-hydrogen) atoms. The van der Waals surface area contributed by atoms with E-state index in [2.05, 4.69) is 12.0 Å². The highest BCUT2D eigenvalue weighted by Crippen LogP contribution is 2.16. The molecule has 0 N–H and O–H groups in total. The maximum Gasteiger partial charge on any atom is 0.203 e. The molecule has 0 aromatic heterocycles. The molecule has 1 aromatic rings. The topological polar surface area (TPSA) is 38.4 Å². The summed E-state index contributed by atoms with van der Waals surface area (Å²) in [5.41, 5.74) is 1.09. The quantitative estimate of drug-likeness (QED) is 0.570. The number of benzene rings is 1. The van der Waals surface area contributed by atoms with Gasteiger partial charge in [0.25, 0.3) is 0 Å². The highest BCUT2D eigenvalue weighted by atomic mass is 16.3. The van der Waals surface area contributed by atoms with E-state index in [0.717, 1.165) is 24.9 Å². The summed E-state index contributed by atoms with van der Waals surface area (Å²) in [5.74, 6) is 0.139. The SMILES string of the molecule is CCCCCC[C@H]1C/[N+](=C\c2ccccc2)N=C1[O-]. The number of hydrogen-bond donors (Lipinski definition) is 0. The van der Waals surface area contributed by atoms with Crippen LogP contribution in [0.3, 0.4) is 0 Å². The molecule has 0 amide bonds. The van der Waals surface area contributed by atoms with Crippen molar-refractivity contribution in [3.63, 3.8) is 0 Å². The molecule has 0 saturated carbocycles. The zero-order valence-corrected chi connectivity index (χ0v) is 11.6. The van der Waals surface area contributed by atoms with Gasteiger partial charge in [-0.2, -0.15) is 0 Å².